The second-order valence-corrected chi connectivity index (χ2v) is 5.53. The Morgan fingerprint density at radius 1 is 1.35 bits per heavy atom. The summed E-state index contributed by atoms with van der Waals surface area (Å²) in [5, 5.41) is 9.20. The van der Waals surface area contributed by atoms with Gasteiger partial charge in [0.05, 0.1) is 24.3 Å². The third-order valence-corrected chi connectivity index (χ3v) is 4.33. The van der Waals surface area contributed by atoms with Gasteiger partial charge in [0.2, 0.25) is 0 Å². The largest absolute Gasteiger partial charge is 0.478 e. The summed E-state index contributed by atoms with van der Waals surface area (Å²) in [6, 6.07) is 5.65. The topological polar surface area (TPSA) is 75.8 Å². The third-order valence-electron chi connectivity index (χ3n) is 4.33. The summed E-state index contributed by atoms with van der Waals surface area (Å²) in [5.74, 6) is -0.974. The van der Waals surface area contributed by atoms with Gasteiger partial charge in [0.1, 0.15) is 0 Å². The lowest BCUT2D eigenvalue weighted by molar-refractivity contribution is -0.00867. The van der Waals surface area contributed by atoms with Gasteiger partial charge in [-0.05, 0) is 31.0 Å². The minimum absolute atomic E-state index is 0.182. The highest BCUT2D eigenvalue weighted by Crippen LogP contribution is 2.33. The van der Waals surface area contributed by atoms with Crippen molar-refractivity contribution in [2.75, 3.05) is 23.8 Å². The Morgan fingerprint density at radius 2 is 2.15 bits per heavy atom. The molecule has 1 aromatic rings. The number of nitrogens with zero attached hydrogens (tertiary/aromatic N) is 1. The van der Waals surface area contributed by atoms with Crippen LogP contribution in [0.3, 0.4) is 0 Å². The fourth-order valence-corrected chi connectivity index (χ4v) is 3.33. The Bertz CT molecular complexity index is 516. The molecule has 1 aromatic carbocycles. The number of morpholine rings is 1. The molecule has 108 valence electrons. The summed E-state index contributed by atoms with van der Waals surface area (Å²) in [6.07, 6.45) is 4.92. The zero-order chi connectivity index (χ0) is 14.1. The van der Waals surface area contributed by atoms with Gasteiger partial charge < -0.3 is 20.5 Å². The van der Waals surface area contributed by atoms with Crippen LogP contribution in [0.25, 0.3) is 0 Å². The van der Waals surface area contributed by atoms with Crippen molar-refractivity contribution in [3.8, 4) is 0 Å². The molecule has 0 bridgehead atoms. The highest BCUT2D eigenvalue weighted by molar-refractivity contribution is 5.94. The van der Waals surface area contributed by atoms with Crippen LogP contribution in [0.2, 0.25) is 0 Å². The quantitative estimate of drug-likeness (QED) is 0.809. The van der Waals surface area contributed by atoms with Crippen molar-refractivity contribution in [1.29, 1.82) is 0 Å². The molecule has 0 radical (unpaired) electrons. The maximum absolute atomic E-state index is 11.2. The summed E-state index contributed by atoms with van der Waals surface area (Å²) >= 11 is 0. The Balaban J connectivity index is 1.91. The van der Waals surface area contributed by atoms with Crippen molar-refractivity contribution in [2.45, 2.75) is 37.8 Å². The van der Waals surface area contributed by atoms with E-state index in [4.69, 9.17) is 10.5 Å². The molecule has 3 N–H and O–H groups in total. The lowest BCUT2D eigenvalue weighted by Crippen LogP contribution is -2.52. The van der Waals surface area contributed by atoms with E-state index in [1.165, 1.54) is 12.8 Å². The minimum Gasteiger partial charge on any atom is -0.478 e. The molecule has 2 fully saturated rings. The maximum atomic E-state index is 11.2. The molecule has 0 amide bonds. The summed E-state index contributed by atoms with van der Waals surface area (Å²) in [4.78, 5) is 13.5. The fourth-order valence-electron chi connectivity index (χ4n) is 3.33. The van der Waals surface area contributed by atoms with Crippen LogP contribution in [0.15, 0.2) is 18.2 Å². The number of benzene rings is 1. The van der Waals surface area contributed by atoms with Gasteiger partial charge >= 0.3 is 5.97 Å². The number of hydrogen-bond acceptors (Lipinski definition) is 4. The molecule has 1 aliphatic carbocycles. The van der Waals surface area contributed by atoms with Crippen molar-refractivity contribution < 1.29 is 14.6 Å². The van der Waals surface area contributed by atoms with Crippen molar-refractivity contribution in [3.63, 3.8) is 0 Å². The number of carboxylic acid groups (broad SMARTS) is 1. The first kappa shape index (κ1) is 13.2. The molecular formula is C15H20N2O3. The minimum atomic E-state index is -0.974. The predicted molar refractivity (Wildman–Crippen MR) is 77.2 cm³/mol. The van der Waals surface area contributed by atoms with Crippen molar-refractivity contribution in [2.24, 2.45) is 0 Å². The van der Waals surface area contributed by atoms with E-state index < -0.39 is 5.97 Å². The van der Waals surface area contributed by atoms with E-state index in [2.05, 4.69) is 4.90 Å². The van der Waals surface area contributed by atoms with Crippen LogP contribution >= 0.6 is 0 Å². The first-order chi connectivity index (χ1) is 9.66. The Morgan fingerprint density at radius 3 is 2.95 bits per heavy atom. The molecule has 3 rings (SSSR count). The predicted octanol–water partition coefficient (Wildman–Crippen LogP) is 2.11. The van der Waals surface area contributed by atoms with Gasteiger partial charge in [0.25, 0.3) is 0 Å². The molecule has 1 heterocycles. The highest BCUT2D eigenvalue weighted by atomic mass is 16.5. The van der Waals surface area contributed by atoms with Crippen molar-refractivity contribution in [3.05, 3.63) is 23.8 Å². The molecule has 2 aliphatic rings. The number of nitrogen functional groups attached to an aromatic ring is 1. The molecule has 1 aliphatic heterocycles. The van der Waals surface area contributed by atoms with E-state index in [0.717, 1.165) is 25.1 Å². The van der Waals surface area contributed by atoms with Crippen molar-refractivity contribution in [1.82, 2.24) is 0 Å². The molecule has 2 atom stereocenters. The van der Waals surface area contributed by atoms with Gasteiger partial charge in [-0.2, -0.15) is 0 Å². The van der Waals surface area contributed by atoms with E-state index in [1.54, 1.807) is 12.1 Å². The van der Waals surface area contributed by atoms with Crippen molar-refractivity contribution >= 4 is 17.3 Å². The summed E-state index contributed by atoms with van der Waals surface area (Å²) in [6.45, 7) is 1.51. The van der Waals surface area contributed by atoms with Crippen LogP contribution in [0, 0.1) is 0 Å². The lowest BCUT2D eigenvalue weighted by atomic mass is 9.89. The summed E-state index contributed by atoms with van der Waals surface area (Å²) in [7, 11) is 0. The van der Waals surface area contributed by atoms with E-state index in [-0.39, 0.29) is 11.7 Å². The van der Waals surface area contributed by atoms with Crippen LogP contribution in [0.1, 0.15) is 36.0 Å². The maximum Gasteiger partial charge on any atom is 0.337 e. The number of ether oxygens (including phenoxy) is 1. The van der Waals surface area contributed by atoms with Gasteiger partial charge in [-0.3, -0.25) is 0 Å². The third kappa shape index (κ3) is 2.33. The highest BCUT2D eigenvalue weighted by Gasteiger charge is 2.34. The zero-order valence-corrected chi connectivity index (χ0v) is 11.4. The van der Waals surface area contributed by atoms with Crippen LogP contribution in [0.5, 0.6) is 0 Å². The van der Waals surface area contributed by atoms with Crippen LogP contribution in [0.4, 0.5) is 11.4 Å². The van der Waals surface area contributed by atoms with E-state index in [9.17, 15) is 9.90 Å². The molecule has 5 heteroatoms. The number of nitrogens with two attached hydrogens (primary N) is 1. The van der Waals surface area contributed by atoms with Crippen LogP contribution < -0.4 is 10.6 Å². The first-order valence-corrected chi connectivity index (χ1v) is 7.18. The van der Waals surface area contributed by atoms with E-state index in [0.29, 0.717) is 18.3 Å². The average molecular weight is 276 g/mol. The number of rotatable bonds is 2. The second-order valence-electron chi connectivity index (χ2n) is 5.53. The standard InChI is InChI=1S/C15H20N2O3/c16-12-6-5-10(9-11(12)15(18)19)17-7-8-20-14-4-2-1-3-13(14)17/h5-6,9,13-14H,1-4,7-8,16H2,(H,18,19). The van der Waals surface area contributed by atoms with Gasteiger partial charge in [-0.1, -0.05) is 12.8 Å². The number of hydrogen-bond donors (Lipinski definition) is 2. The molecule has 1 saturated carbocycles. The van der Waals surface area contributed by atoms with Gasteiger partial charge in [-0.25, -0.2) is 4.79 Å². The summed E-state index contributed by atoms with van der Waals surface area (Å²) < 4.78 is 5.85. The average Bonchev–Trinajstić information content (AvgIpc) is 2.47. The molecule has 1 saturated heterocycles. The number of carbonyl (C=O) groups is 1. The molecular weight excluding hydrogens is 256 g/mol. The first-order valence-electron chi connectivity index (χ1n) is 7.18. The number of fused-ring (bicyclic) bond motifs is 1. The Hall–Kier alpha value is -1.75. The molecule has 0 aromatic heterocycles. The summed E-state index contributed by atoms with van der Waals surface area (Å²) in [5.41, 5.74) is 7.17. The molecule has 0 spiro atoms. The van der Waals surface area contributed by atoms with Crippen LogP contribution in [-0.2, 0) is 4.74 Å². The fraction of sp³-hybridized carbons (Fsp3) is 0.533. The van der Waals surface area contributed by atoms with Crippen LogP contribution in [-0.4, -0.2) is 36.4 Å². The zero-order valence-electron chi connectivity index (χ0n) is 11.4. The molecule has 5 nitrogen and oxygen atoms in total. The number of carboxylic acids is 1. The smallest absolute Gasteiger partial charge is 0.337 e. The monoisotopic (exact) mass is 276 g/mol. The molecule has 20 heavy (non-hydrogen) atoms. The molecule has 2 unspecified atom stereocenters. The second kappa shape index (κ2) is 5.32. The number of anilines is 2. The van der Waals surface area contributed by atoms with Gasteiger partial charge in [0, 0.05) is 17.9 Å². The Kier molecular flexibility index (Phi) is 3.53. The van der Waals surface area contributed by atoms with E-state index >= 15 is 0 Å². The van der Waals surface area contributed by atoms with Gasteiger partial charge in [0.15, 0.2) is 0 Å². The van der Waals surface area contributed by atoms with E-state index in [1.807, 2.05) is 6.07 Å². The number of aromatic carboxylic acids is 1. The SMILES string of the molecule is Nc1ccc(N2CCOC3CCCCC32)cc1C(=O)O. The normalized spacial score (nSPS) is 26.1. The lowest BCUT2D eigenvalue weighted by Gasteiger charge is -2.45. The van der Waals surface area contributed by atoms with Gasteiger partial charge in [-0.15, -0.1) is 0 Å². The Labute approximate surface area is 118 Å².